The first-order valence-electron chi connectivity index (χ1n) is 6.84. The van der Waals surface area contributed by atoms with Gasteiger partial charge >= 0.3 is 0 Å². The molecule has 0 aromatic heterocycles. The van der Waals surface area contributed by atoms with Crippen molar-refractivity contribution >= 4 is 5.91 Å². The van der Waals surface area contributed by atoms with Crippen LogP contribution in [0.5, 0.6) is 0 Å². The molecule has 0 atom stereocenters. The van der Waals surface area contributed by atoms with E-state index in [2.05, 4.69) is 10.2 Å². The number of benzene rings is 1. The van der Waals surface area contributed by atoms with Gasteiger partial charge in [-0.1, -0.05) is 0 Å². The van der Waals surface area contributed by atoms with Gasteiger partial charge < -0.3 is 10.2 Å². The van der Waals surface area contributed by atoms with Crippen LogP contribution in [0.1, 0.15) is 10.4 Å². The van der Waals surface area contributed by atoms with Crippen LogP contribution in [0, 0.1) is 11.6 Å². The molecular weight excluding hydrogens is 264 g/mol. The van der Waals surface area contributed by atoms with Crippen molar-refractivity contribution in [2.24, 2.45) is 0 Å². The highest BCUT2D eigenvalue weighted by Gasteiger charge is 2.36. The summed E-state index contributed by atoms with van der Waals surface area (Å²) in [6.07, 6.45) is 0. The predicted octanol–water partition coefficient (Wildman–Crippen LogP) is 0.694. The van der Waals surface area contributed by atoms with Crippen molar-refractivity contribution in [3.63, 3.8) is 0 Å². The molecule has 4 nitrogen and oxygen atoms in total. The number of piperazine rings is 1. The molecule has 2 heterocycles. The summed E-state index contributed by atoms with van der Waals surface area (Å²) in [5.41, 5.74) is -0.177. The first-order chi connectivity index (χ1) is 9.65. The third-order valence-corrected chi connectivity index (χ3v) is 3.98. The van der Waals surface area contributed by atoms with Crippen LogP contribution < -0.4 is 5.32 Å². The van der Waals surface area contributed by atoms with E-state index in [1.54, 1.807) is 4.90 Å². The van der Waals surface area contributed by atoms with E-state index in [4.69, 9.17) is 0 Å². The first kappa shape index (κ1) is 13.5. The number of nitrogens with one attached hydrogen (secondary N) is 1. The standard InChI is InChI=1S/C14H17F2N3O/c15-10-1-2-13(16)12(7-10)14(20)19-8-11(9-19)18-5-3-17-4-6-18/h1-2,7,11,17H,3-6,8-9H2. The number of hydrogen-bond acceptors (Lipinski definition) is 3. The molecule has 2 aliphatic rings. The van der Waals surface area contributed by atoms with Crippen molar-refractivity contribution in [1.29, 1.82) is 0 Å². The van der Waals surface area contributed by atoms with Crippen molar-refractivity contribution in [2.45, 2.75) is 6.04 Å². The summed E-state index contributed by atoms with van der Waals surface area (Å²) in [4.78, 5) is 16.0. The van der Waals surface area contributed by atoms with Gasteiger partial charge in [-0.25, -0.2) is 8.78 Å². The molecule has 1 aromatic carbocycles. The van der Waals surface area contributed by atoms with Crippen molar-refractivity contribution in [3.05, 3.63) is 35.4 Å². The van der Waals surface area contributed by atoms with Gasteiger partial charge in [-0.15, -0.1) is 0 Å². The number of likely N-dealkylation sites (tertiary alicyclic amines) is 1. The van der Waals surface area contributed by atoms with Crippen molar-refractivity contribution < 1.29 is 13.6 Å². The van der Waals surface area contributed by atoms with Crippen LogP contribution in [0.4, 0.5) is 8.78 Å². The van der Waals surface area contributed by atoms with E-state index in [1.807, 2.05) is 0 Å². The second kappa shape index (κ2) is 5.46. The SMILES string of the molecule is O=C(c1cc(F)ccc1F)N1CC(N2CCNCC2)C1. The van der Waals surface area contributed by atoms with Gasteiger partial charge in [-0.3, -0.25) is 9.69 Å². The van der Waals surface area contributed by atoms with E-state index in [1.165, 1.54) is 0 Å². The molecule has 3 rings (SSSR count). The molecule has 2 fully saturated rings. The van der Waals surface area contributed by atoms with Gasteiger partial charge in [0.25, 0.3) is 5.91 Å². The van der Waals surface area contributed by atoms with Crippen LogP contribution in [0.15, 0.2) is 18.2 Å². The summed E-state index contributed by atoms with van der Waals surface area (Å²) in [5.74, 6) is -1.68. The van der Waals surface area contributed by atoms with Crippen LogP contribution in [-0.4, -0.2) is 61.0 Å². The van der Waals surface area contributed by atoms with Crippen LogP contribution in [-0.2, 0) is 0 Å². The van der Waals surface area contributed by atoms with E-state index in [9.17, 15) is 13.6 Å². The minimum atomic E-state index is -0.665. The topological polar surface area (TPSA) is 35.6 Å². The normalized spacial score (nSPS) is 20.8. The molecule has 1 aromatic rings. The van der Waals surface area contributed by atoms with Gasteiger partial charge in [0.15, 0.2) is 0 Å². The maximum atomic E-state index is 13.6. The quantitative estimate of drug-likeness (QED) is 0.866. The number of carbonyl (C=O) groups excluding carboxylic acids is 1. The van der Waals surface area contributed by atoms with Gasteiger partial charge in [0, 0.05) is 45.3 Å². The van der Waals surface area contributed by atoms with Gasteiger partial charge in [-0.2, -0.15) is 0 Å². The minimum absolute atomic E-state index is 0.177. The van der Waals surface area contributed by atoms with E-state index < -0.39 is 17.5 Å². The maximum absolute atomic E-state index is 13.6. The Morgan fingerprint density at radius 2 is 1.90 bits per heavy atom. The van der Waals surface area contributed by atoms with E-state index in [-0.39, 0.29) is 5.56 Å². The smallest absolute Gasteiger partial charge is 0.257 e. The molecule has 0 radical (unpaired) electrons. The number of halogens is 2. The Kier molecular flexibility index (Phi) is 3.67. The molecule has 2 saturated heterocycles. The second-order valence-electron chi connectivity index (χ2n) is 5.27. The third kappa shape index (κ3) is 2.53. The Balaban J connectivity index is 1.61. The zero-order chi connectivity index (χ0) is 14.1. The predicted molar refractivity (Wildman–Crippen MR) is 70.5 cm³/mol. The molecule has 0 unspecified atom stereocenters. The lowest BCUT2D eigenvalue weighted by Crippen LogP contribution is -2.63. The van der Waals surface area contributed by atoms with Gasteiger partial charge in [0.1, 0.15) is 11.6 Å². The molecular formula is C14H17F2N3O. The highest BCUT2D eigenvalue weighted by atomic mass is 19.1. The fourth-order valence-electron chi connectivity index (χ4n) is 2.73. The number of rotatable bonds is 2. The number of amides is 1. The Bertz CT molecular complexity index is 511. The van der Waals surface area contributed by atoms with Crippen LogP contribution in [0.25, 0.3) is 0 Å². The van der Waals surface area contributed by atoms with Crippen LogP contribution in [0.3, 0.4) is 0 Å². The zero-order valence-corrected chi connectivity index (χ0v) is 11.1. The lowest BCUT2D eigenvalue weighted by molar-refractivity contribution is 0.0223. The average Bonchev–Trinajstić information content (AvgIpc) is 2.41. The Morgan fingerprint density at radius 1 is 1.20 bits per heavy atom. The maximum Gasteiger partial charge on any atom is 0.257 e. The summed E-state index contributed by atoms with van der Waals surface area (Å²) >= 11 is 0. The van der Waals surface area contributed by atoms with E-state index in [0.29, 0.717) is 19.1 Å². The van der Waals surface area contributed by atoms with Gasteiger partial charge in [0.2, 0.25) is 0 Å². The van der Waals surface area contributed by atoms with Crippen LogP contribution in [0.2, 0.25) is 0 Å². The molecule has 1 amide bonds. The lowest BCUT2D eigenvalue weighted by Gasteiger charge is -2.46. The number of carbonyl (C=O) groups is 1. The van der Waals surface area contributed by atoms with Crippen molar-refractivity contribution in [2.75, 3.05) is 39.3 Å². The van der Waals surface area contributed by atoms with Crippen LogP contribution >= 0.6 is 0 Å². The number of hydrogen-bond donors (Lipinski definition) is 1. The summed E-state index contributed by atoms with van der Waals surface area (Å²) < 4.78 is 26.7. The van der Waals surface area contributed by atoms with E-state index in [0.717, 1.165) is 44.4 Å². The van der Waals surface area contributed by atoms with Crippen molar-refractivity contribution in [3.8, 4) is 0 Å². The molecule has 2 aliphatic heterocycles. The van der Waals surface area contributed by atoms with E-state index >= 15 is 0 Å². The fourth-order valence-corrected chi connectivity index (χ4v) is 2.73. The molecule has 0 spiro atoms. The molecule has 6 heteroatoms. The molecule has 20 heavy (non-hydrogen) atoms. The largest absolute Gasteiger partial charge is 0.335 e. The summed E-state index contributed by atoms with van der Waals surface area (Å²) in [7, 11) is 0. The minimum Gasteiger partial charge on any atom is -0.335 e. The summed E-state index contributed by atoms with van der Waals surface area (Å²) in [6.45, 7) is 5.05. The molecule has 0 bridgehead atoms. The lowest BCUT2D eigenvalue weighted by atomic mass is 10.0. The highest BCUT2D eigenvalue weighted by Crippen LogP contribution is 2.20. The van der Waals surface area contributed by atoms with Crippen molar-refractivity contribution in [1.82, 2.24) is 15.1 Å². The fraction of sp³-hybridized carbons (Fsp3) is 0.500. The van der Waals surface area contributed by atoms with Gasteiger partial charge in [-0.05, 0) is 18.2 Å². The average molecular weight is 281 g/mol. The molecule has 0 saturated carbocycles. The molecule has 108 valence electrons. The number of nitrogens with zero attached hydrogens (tertiary/aromatic N) is 2. The first-order valence-corrected chi connectivity index (χ1v) is 6.84. The summed E-state index contributed by atoms with van der Waals surface area (Å²) in [6, 6.07) is 3.33. The third-order valence-electron chi connectivity index (χ3n) is 3.98. The summed E-state index contributed by atoms with van der Waals surface area (Å²) in [5, 5.41) is 3.28. The second-order valence-corrected chi connectivity index (χ2v) is 5.27. The molecule has 1 N–H and O–H groups in total. The Labute approximate surface area is 116 Å². The zero-order valence-electron chi connectivity index (χ0n) is 11.1. The Morgan fingerprint density at radius 3 is 2.60 bits per heavy atom. The highest BCUT2D eigenvalue weighted by molar-refractivity contribution is 5.95. The monoisotopic (exact) mass is 281 g/mol. The molecule has 0 aliphatic carbocycles. The van der Waals surface area contributed by atoms with Gasteiger partial charge in [0.05, 0.1) is 5.56 Å². The Hall–Kier alpha value is -1.53.